The fourth-order valence-electron chi connectivity index (χ4n) is 5.95. The lowest BCUT2D eigenvalue weighted by Crippen LogP contribution is -2.61. The Morgan fingerprint density at radius 1 is 0.685 bits per heavy atom. The van der Waals surface area contributed by atoms with Crippen LogP contribution in [-0.2, 0) is 40.0 Å². The van der Waals surface area contributed by atoms with Crippen LogP contribution in [0, 0.1) is 23.7 Å². The second kappa shape index (κ2) is 21.0. The van der Waals surface area contributed by atoms with Crippen LogP contribution in [0.4, 0.5) is 0 Å². The summed E-state index contributed by atoms with van der Waals surface area (Å²) >= 11 is 0. The van der Waals surface area contributed by atoms with Crippen molar-refractivity contribution in [3.8, 4) is 0 Å². The van der Waals surface area contributed by atoms with Crippen molar-refractivity contribution in [2.45, 2.75) is 124 Å². The number of carboxylic acids is 2. The number of para-hydroxylation sites is 1. The molecule has 16 heteroatoms. The Hall–Kier alpha value is -4.99. The average molecular weight is 758 g/mol. The maximum absolute atomic E-state index is 14.1. The Bertz CT molecular complexity index is 1620. The van der Waals surface area contributed by atoms with Crippen LogP contribution in [0.1, 0.15) is 86.6 Å². The van der Waals surface area contributed by atoms with Crippen molar-refractivity contribution < 1.29 is 43.8 Å². The first-order valence-electron chi connectivity index (χ1n) is 18.5. The van der Waals surface area contributed by atoms with Crippen LogP contribution in [0.5, 0.6) is 0 Å². The minimum Gasteiger partial charge on any atom is -0.481 e. The Labute approximate surface area is 316 Å². The Kier molecular flexibility index (Phi) is 17.6. The number of nitrogens with two attached hydrogens (primary N) is 1. The molecule has 0 unspecified atom stereocenters. The molecule has 1 heterocycles. The van der Waals surface area contributed by atoms with Crippen LogP contribution in [0.2, 0.25) is 0 Å². The van der Waals surface area contributed by atoms with Gasteiger partial charge in [0.15, 0.2) is 0 Å². The van der Waals surface area contributed by atoms with Crippen molar-refractivity contribution in [2.24, 2.45) is 29.4 Å². The highest BCUT2D eigenvalue weighted by molar-refractivity contribution is 5.97. The van der Waals surface area contributed by atoms with Gasteiger partial charge in [0.25, 0.3) is 0 Å². The number of H-pyrrole nitrogens is 1. The van der Waals surface area contributed by atoms with Gasteiger partial charge in [-0.25, -0.2) is 4.79 Å². The molecule has 0 bridgehead atoms. The molecule has 0 fully saturated rings. The van der Waals surface area contributed by atoms with Crippen LogP contribution in [0.3, 0.4) is 0 Å². The SMILES string of the molecule is CC[C@H](C)[C@H](NC(=O)[C@@H](N)CC(=O)O)C(=O)N[C@H](C(=O)N[C@@H](Cc1c[nH]c2ccccc12)C(=O)N[C@@H](CC(C)C)C(=O)N[C@@H](CC(C)C)C(=O)O)C(C)C. The second-order valence-corrected chi connectivity index (χ2v) is 15.2. The summed E-state index contributed by atoms with van der Waals surface area (Å²) in [6.45, 7) is 14.3. The largest absolute Gasteiger partial charge is 0.481 e. The normalized spacial score (nSPS) is 15.4. The fourth-order valence-corrected chi connectivity index (χ4v) is 5.95. The molecule has 1 aromatic heterocycles. The number of hydrogen-bond donors (Lipinski definition) is 9. The monoisotopic (exact) mass is 757 g/mol. The molecule has 54 heavy (non-hydrogen) atoms. The third-order valence-electron chi connectivity index (χ3n) is 9.17. The van der Waals surface area contributed by atoms with Crippen molar-refractivity contribution in [1.82, 2.24) is 31.6 Å². The third-order valence-corrected chi connectivity index (χ3v) is 9.17. The number of hydrogen-bond acceptors (Lipinski definition) is 8. The predicted molar refractivity (Wildman–Crippen MR) is 203 cm³/mol. The van der Waals surface area contributed by atoms with Crippen molar-refractivity contribution in [3.63, 3.8) is 0 Å². The maximum atomic E-state index is 14.1. The summed E-state index contributed by atoms with van der Waals surface area (Å²) in [7, 11) is 0. The molecule has 16 nitrogen and oxygen atoms in total. The first kappa shape index (κ1) is 45.2. The Morgan fingerprint density at radius 2 is 1.20 bits per heavy atom. The summed E-state index contributed by atoms with van der Waals surface area (Å²) in [6, 6.07) is 0.115. The van der Waals surface area contributed by atoms with Crippen molar-refractivity contribution in [2.75, 3.05) is 0 Å². The molecule has 2 rings (SSSR count). The highest BCUT2D eigenvalue weighted by Crippen LogP contribution is 2.20. The van der Waals surface area contributed by atoms with Crippen molar-refractivity contribution >= 4 is 52.4 Å². The van der Waals surface area contributed by atoms with E-state index in [0.29, 0.717) is 12.0 Å². The highest BCUT2D eigenvalue weighted by atomic mass is 16.4. The van der Waals surface area contributed by atoms with E-state index >= 15 is 0 Å². The Balaban J connectivity index is 2.44. The molecular weight excluding hydrogens is 698 g/mol. The number of carboxylic acid groups (broad SMARTS) is 2. The summed E-state index contributed by atoms with van der Waals surface area (Å²) in [5.74, 6) is -7.11. The van der Waals surface area contributed by atoms with E-state index in [1.807, 2.05) is 52.0 Å². The molecule has 2 aromatic rings. The topological polar surface area (TPSA) is 262 Å². The van der Waals surface area contributed by atoms with Crippen molar-refractivity contribution in [1.29, 1.82) is 0 Å². The molecule has 0 aliphatic heterocycles. The smallest absolute Gasteiger partial charge is 0.326 e. The van der Waals surface area contributed by atoms with E-state index in [2.05, 4.69) is 31.6 Å². The molecule has 0 spiro atoms. The minimum absolute atomic E-state index is 0.00547. The third kappa shape index (κ3) is 13.8. The van der Waals surface area contributed by atoms with Gasteiger partial charge in [-0.2, -0.15) is 0 Å². The quantitative estimate of drug-likeness (QED) is 0.0841. The standard InChI is InChI=1S/C38H59N7O9/c1-9-22(8)32(45-33(48)25(39)17-30(46)47)37(52)44-31(21(6)7)36(51)42-28(16-23-18-40-26-13-11-10-12-24(23)26)35(50)41-27(14-19(2)3)34(49)43-29(38(53)54)15-20(4)5/h10-13,18-22,25,27-29,31-32,40H,9,14-17,39H2,1-8H3,(H,41,50)(H,42,51)(H,43,49)(H,44,52)(H,45,48)(H,46,47)(H,53,54)/t22-,25-,27-,28-,29-,31-,32-/m0/s1. The number of aromatic amines is 1. The van der Waals surface area contributed by atoms with Crippen LogP contribution in [-0.4, -0.2) is 92.9 Å². The van der Waals surface area contributed by atoms with Gasteiger partial charge in [-0.3, -0.25) is 28.8 Å². The number of nitrogens with one attached hydrogen (secondary N) is 6. The number of carbonyl (C=O) groups excluding carboxylic acids is 5. The van der Waals surface area contributed by atoms with E-state index in [-0.39, 0.29) is 31.1 Å². The number of aromatic nitrogens is 1. The number of amides is 5. The molecule has 0 saturated carbocycles. The first-order chi connectivity index (χ1) is 25.2. The van der Waals surface area contributed by atoms with E-state index < -0.39 is 96.0 Å². The summed E-state index contributed by atoms with van der Waals surface area (Å²) < 4.78 is 0. The zero-order valence-corrected chi connectivity index (χ0v) is 32.5. The van der Waals surface area contributed by atoms with Gasteiger partial charge in [0.2, 0.25) is 29.5 Å². The summed E-state index contributed by atoms with van der Waals surface area (Å²) in [5, 5.41) is 32.9. The van der Waals surface area contributed by atoms with E-state index in [4.69, 9.17) is 10.8 Å². The van der Waals surface area contributed by atoms with Gasteiger partial charge in [-0.1, -0.05) is 80.0 Å². The van der Waals surface area contributed by atoms with Crippen LogP contribution in [0.25, 0.3) is 10.9 Å². The van der Waals surface area contributed by atoms with Gasteiger partial charge in [-0.05, 0) is 48.1 Å². The first-order valence-corrected chi connectivity index (χ1v) is 18.5. The predicted octanol–water partition coefficient (Wildman–Crippen LogP) is 1.82. The van der Waals surface area contributed by atoms with Gasteiger partial charge < -0.3 is 47.5 Å². The van der Waals surface area contributed by atoms with Gasteiger partial charge in [0, 0.05) is 23.5 Å². The molecule has 0 aliphatic rings. The molecular formula is C38H59N7O9. The summed E-state index contributed by atoms with van der Waals surface area (Å²) in [6.07, 6.45) is 1.89. The number of carbonyl (C=O) groups is 7. The van der Waals surface area contributed by atoms with Gasteiger partial charge in [-0.15, -0.1) is 0 Å². The minimum atomic E-state index is -1.40. The molecule has 0 saturated heterocycles. The van der Waals surface area contributed by atoms with Crippen LogP contribution >= 0.6 is 0 Å². The van der Waals surface area contributed by atoms with Crippen LogP contribution in [0.15, 0.2) is 30.5 Å². The van der Waals surface area contributed by atoms with Crippen molar-refractivity contribution in [3.05, 3.63) is 36.0 Å². The molecule has 1 aromatic carbocycles. The molecule has 0 aliphatic carbocycles. The van der Waals surface area contributed by atoms with Gasteiger partial charge >= 0.3 is 11.9 Å². The number of fused-ring (bicyclic) bond motifs is 1. The fraction of sp³-hybridized carbons (Fsp3) is 0.605. The maximum Gasteiger partial charge on any atom is 0.326 e. The molecule has 5 amide bonds. The lowest BCUT2D eigenvalue weighted by Gasteiger charge is -2.30. The lowest BCUT2D eigenvalue weighted by molar-refractivity contribution is -0.143. The van der Waals surface area contributed by atoms with E-state index in [1.54, 1.807) is 33.9 Å². The number of rotatable bonds is 22. The highest BCUT2D eigenvalue weighted by Gasteiger charge is 2.36. The average Bonchev–Trinajstić information content (AvgIpc) is 3.49. The summed E-state index contributed by atoms with van der Waals surface area (Å²) in [5.41, 5.74) is 7.23. The van der Waals surface area contributed by atoms with Crippen LogP contribution < -0.4 is 32.3 Å². The van der Waals surface area contributed by atoms with E-state index in [9.17, 15) is 38.7 Å². The van der Waals surface area contributed by atoms with E-state index in [1.165, 1.54) is 0 Å². The van der Waals surface area contributed by atoms with Gasteiger partial charge in [0.05, 0.1) is 12.5 Å². The number of aliphatic carboxylic acids is 2. The zero-order chi connectivity index (χ0) is 40.9. The number of benzene rings is 1. The Morgan fingerprint density at radius 3 is 1.76 bits per heavy atom. The zero-order valence-electron chi connectivity index (χ0n) is 32.5. The molecule has 300 valence electrons. The second-order valence-electron chi connectivity index (χ2n) is 15.2. The van der Waals surface area contributed by atoms with Gasteiger partial charge in [0.1, 0.15) is 30.2 Å². The summed E-state index contributed by atoms with van der Waals surface area (Å²) in [4.78, 5) is 94.2. The molecule has 0 radical (unpaired) electrons. The lowest BCUT2D eigenvalue weighted by atomic mass is 9.95. The van der Waals surface area contributed by atoms with E-state index in [0.717, 1.165) is 10.9 Å². The molecule has 10 N–H and O–H groups in total. The molecule has 7 atom stereocenters.